The van der Waals surface area contributed by atoms with Gasteiger partial charge in [0, 0.05) is 6.04 Å². The lowest BCUT2D eigenvalue weighted by atomic mass is 9.92. The summed E-state index contributed by atoms with van der Waals surface area (Å²) in [5.41, 5.74) is 2.87. The summed E-state index contributed by atoms with van der Waals surface area (Å²) in [7, 11) is 0. The van der Waals surface area contributed by atoms with Gasteiger partial charge in [0.2, 0.25) is 5.91 Å². The number of nitrogens with one attached hydrogen (secondary N) is 3. The highest BCUT2D eigenvalue weighted by Crippen LogP contribution is 2.48. The summed E-state index contributed by atoms with van der Waals surface area (Å²) in [6, 6.07) is 0.696. The molecule has 2 heterocycles. The molecule has 5 atom stereocenters. The fourth-order valence-electron chi connectivity index (χ4n) is 4.35. The van der Waals surface area contributed by atoms with E-state index in [1.54, 1.807) is 0 Å². The Morgan fingerprint density at radius 3 is 2.44 bits per heavy atom. The second-order valence-corrected chi connectivity index (χ2v) is 8.03. The maximum Gasteiger partial charge on any atom is 0.573 e. The number of hydrogen-bond donors (Lipinski definition) is 4. The molecule has 0 bridgehead atoms. The third kappa shape index (κ3) is 4.92. The Kier molecular flexibility index (Phi) is 5.76. The monoisotopic (exact) mass is 472 g/mol. The van der Waals surface area contributed by atoms with Crippen LogP contribution in [-0.2, 0) is 4.79 Å². The van der Waals surface area contributed by atoms with Crippen LogP contribution in [0.4, 0.5) is 30.7 Å². The lowest BCUT2D eigenvalue weighted by Gasteiger charge is -2.38. The first-order valence-corrected chi connectivity index (χ1v) is 9.73. The van der Waals surface area contributed by atoms with Gasteiger partial charge in [0.05, 0.1) is 24.5 Å². The average molecular weight is 472 g/mol. The van der Waals surface area contributed by atoms with Crippen molar-refractivity contribution < 1.29 is 45.4 Å². The number of alkyl halides is 6. The molecule has 3 aliphatic rings. The number of aliphatic hydroxyl groups excluding tert-OH is 1. The van der Waals surface area contributed by atoms with Crippen molar-refractivity contribution in [3.05, 3.63) is 29.6 Å². The first-order chi connectivity index (χ1) is 14.8. The molecule has 32 heavy (non-hydrogen) atoms. The van der Waals surface area contributed by atoms with Gasteiger partial charge < -0.3 is 15.2 Å². The summed E-state index contributed by atoms with van der Waals surface area (Å²) in [5, 5.41) is 15.9. The molecule has 0 aromatic heterocycles. The number of carbonyl (C=O) groups is 1. The Hall–Kier alpha value is -2.16. The van der Waals surface area contributed by atoms with Crippen LogP contribution in [0, 0.1) is 17.7 Å². The van der Waals surface area contributed by atoms with Gasteiger partial charge >= 0.3 is 12.5 Å². The predicted molar refractivity (Wildman–Crippen MR) is 92.5 cm³/mol. The molecule has 1 aromatic carbocycles. The quantitative estimate of drug-likeness (QED) is 0.492. The van der Waals surface area contributed by atoms with E-state index in [0.29, 0.717) is 12.8 Å². The largest absolute Gasteiger partial charge is 0.573 e. The normalized spacial score (nSPS) is 30.1. The minimum Gasteiger partial charge on any atom is -0.403 e. The lowest BCUT2D eigenvalue weighted by molar-refractivity contribution is -0.275. The minimum atomic E-state index is -5.09. The summed E-state index contributed by atoms with van der Waals surface area (Å²) < 4.78 is 94.6. The van der Waals surface area contributed by atoms with E-state index in [2.05, 4.69) is 20.8 Å². The molecule has 0 spiro atoms. The van der Waals surface area contributed by atoms with Crippen LogP contribution >= 0.6 is 0 Å². The van der Waals surface area contributed by atoms with Gasteiger partial charge in [-0.2, -0.15) is 13.2 Å². The Morgan fingerprint density at radius 2 is 1.88 bits per heavy atom. The van der Waals surface area contributed by atoms with Crippen molar-refractivity contribution in [2.24, 2.45) is 11.8 Å². The number of ether oxygens (including phenoxy) is 1. The van der Waals surface area contributed by atoms with E-state index in [0.717, 1.165) is 12.1 Å². The van der Waals surface area contributed by atoms with Gasteiger partial charge in [-0.3, -0.25) is 10.1 Å². The molecule has 7 nitrogen and oxygen atoms in total. The molecule has 1 amide bonds. The number of rotatable bonds is 5. The third-order valence-electron chi connectivity index (χ3n) is 5.64. The van der Waals surface area contributed by atoms with E-state index in [-0.39, 0.29) is 11.5 Å². The van der Waals surface area contributed by atoms with Crippen LogP contribution in [0.15, 0.2) is 18.2 Å². The Morgan fingerprint density at radius 1 is 1.19 bits per heavy atom. The van der Waals surface area contributed by atoms with E-state index in [1.165, 1.54) is 11.1 Å². The lowest BCUT2D eigenvalue weighted by Crippen LogP contribution is -2.64. The molecule has 4 N–H and O–H groups in total. The van der Waals surface area contributed by atoms with E-state index in [1.807, 2.05) is 0 Å². The van der Waals surface area contributed by atoms with Crippen molar-refractivity contribution >= 4 is 5.91 Å². The Labute approximate surface area is 176 Å². The Balaban J connectivity index is 1.66. The molecule has 2 aliphatic heterocycles. The zero-order valence-corrected chi connectivity index (χ0v) is 16.2. The van der Waals surface area contributed by atoms with Gasteiger partial charge in [-0.15, -0.1) is 13.2 Å². The van der Waals surface area contributed by atoms with Crippen LogP contribution in [0.3, 0.4) is 0 Å². The van der Waals surface area contributed by atoms with Crippen LogP contribution in [0.25, 0.3) is 0 Å². The van der Waals surface area contributed by atoms with Gasteiger partial charge in [-0.05, 0) is 36.5 Å². The first kappa shape index (κ1) is 23.0. The van der Waals surface area contributed by atoms with Crippen molar-refractivity contribution in [3.63, 3.8) is 0 Å². The van der Waals surface area contributed by atoms with Crippen molar-refractivity contribution in [2.45, 2.75) is 56.4 Å². The molecule has 4 rings (SSSR count). The van der Waals surface area contributed by atoms with Gasteiger partial charge in [0.1, 0.15) is 0 Å². The van der Waals surface area contributed by atoms with E-state index in [4.69, 9.17) is 0 Å². The molecule has 14 heteroatoms. The number of amides is 1. The molecular weight excluding hydrogens is 453 g/mol. The molecule has 2 saturated heterocycles. The molecule has 0 radical (unpaired) electrons. The smallest absolute Gasteiger partial charge is 0.403 e. The molecule has 5 unspecified atom stereocenters. The predicted octanol–water partition coefficient (Wildman–Crippen LogP) is 2.25. The van der Waals surface area contributed by atoms with Crippen molar-refractivity contribution in [2.75, 3.05) is 0 Å². The maximum absolute atomic E-state index is 14.3. The number of fused-ring (bicyclic) bond motifs is 1. The van der Waals surface area contributed by atoms with E-state index >= 15 is 0 Å². The van der Waals surface area contributed by atoms with Gasteiger partial charge in [0.25, 0.3) is 0 Å². The number of hydrogen-bond acceptors (Lipinski definition) is 6. The van der Waals surface area contributed by atoms with Crippen LogP contribution in [0.5, 0.6) is 5.75 Å². The number of halogens is 7. The molecule has 3 fully saturated rings. The van der Waals surface area contributed by atoms with E-state index < -0.39 is 67.0 Å². The Bertz CT molecular complexity index is 877. The van der Waals surface area contributed by atoms with Gasteiger partial charge in [-0.25, -0.2) is 14.8 Å². The summed E-state index contributed by atoms with van der Waals surface area (Å²) in [5.74, 6) is -4.49. The van der Waals surface area contributed by atoms with Gasteiger partial charge in [-0.1, -0.05) is 6.07 Å². The topological polar surface area (TPSA) is 85.9 Å². The highest BCUT2D eigenvalue weighted by Gasteiger charge is 2.55. The number of nitrogens with zero attached hydrogens (tertiary/aromatic N) is 1. The van der Waals surface area contributed by atoms with Crippen molar-refractivity contribution in [3.8, 4) is 5.75 Å². The highest BCUT2D eigenvalue weighted by atomic mass is 19.4. The van der Waals surface area contributed by atoms with Crippen LogP contribution in [-0.4, -0.2) is 47.1 Å². The molecule has 1 saturated carbocycles. The van der Waals surface area contributed by atoms with Crippen LogP contribution < -0.4 is 20.8 Å². The first-order valence-electron chi connectivity index (χ1n) is 9.73. The molecule has 1 aliphatic carbocycles. The van der Waals surface area contributed by atoms with Crippen molar-refractivity contribution in [1.29, 1.82) is 0 Å². The molecule has 1 aromatic rings. The van der Waals surface area contributed by atoms with Crippen LogP contribution in [0.1, 0.15) is 30.9 Å². The standard InChI is InChI=1S/C18H19F7N4O3/c19-9-5-8(3-4-11(9)32-18(23,24)25)13(7-1-2-7)29-14-12(15(30)27-16(31)26-14)10(28-29)6-17(20,21)22/h3-5,7,10,12-14,16,26,28,31H,1-2,6H2,(H,27,30). The van der Waals surface area contributed by atoms with Crippen molar-refractivity contribution in [1.82, 2.24) is 21.1 Å². The second-order valence-electron chi connectivity index (χ2n) is 8.03. The fourth-order valence-corrected chi connectivity index (χ4v) is 4.35. The van der Waals surface area contributed by atoms with Crippen LogP contribution in [0.2, 0.25) is 0 Å². The average Bonchev–Trinajstić information content (AvgIpc) is 3.39. The van der Waals surface area contributed by atoms with Gasteiger partial charge in [0.15, 0.2) is 17.9 Å². The number of benzene rings is 1. The maximum atomic E-state index is 14.3. The summed E-state index contributed by atoms with van der Waals surface area (Å²) >= 11 is 0. The summed E-state index contributed by atoms with van der Waals surface area (Å²) in [4.78, 5) is 12.4. The minimum absolute atomic E-state index is 0.148. The molecule has 178 valence electrons. The SMILES string of the molecule is O=C1NC(O)NC2C1C(CC(F)(F)F)NN2C(c1ccc(OC(F)(F)F)c(F)c1)C1CC1. The molecular formula is C18H19F7N4O3. The zero-order chi connectivity index (χ0) is 23.4. The summed E-state index contributed by atoms with van der Waals surface area (Å²) in [6.45, 7) is 0. The zero-order valence-electron chi connectivity index (χ0n) is 16.2. The highest BCUT2D eigenvalue weighted by molar-refractivity contribution is 5.81. The number of aliphatic hydroxyl groups is 1. The number of carbonyl (C=O) groups excluding carboxylic acids is 1. The third-order valence-corrected chi connectivity index (χ3v) is 5.64. The second kappa shape index (κ2) is 8.01. The van der Waals surface area contributed by atoms with E-state index in [9.17, 15) is 40.6 Å². The fraction of sp³-hybridized carbons (Fsp3) is 0.611. The number of hydrazine groups is 1. The summed E-state index contributed by atoms with van der Waals surface area (Å²) in [6.07, 6.45) is -12.3.